The smallest absolute Gasteiger partial charge is 0.311 e. The molecule has 0 aromatic heterocycles. The number of esters is 1. The number of aliphatic hydroxyl groups is 3. The lowest BCUT2D eigenvalue weighted by Gasteiger charge is -2.46. The summed E-state index contributed by atoms with van der Waals surface area (Å²) in [5.41, 5.74) is -0.637. The summed E-state index contributed by atoms with van der Waals surface area (Å²) in [6.07, 6.45) is -6.97. The van der Waals surface area contributed by atoms with E-state index in [1.165, 1.54) is 7.11 Å². The lowest BCUT2D eigenvalue weighted by atomic mass is 9.76. The molecule has 0 aliphatic carbocycles. The van der Waals surface area contributed by atoms with Gasteiger partial charge in [-0.3, -0.25) is 4.79 Å². The molecule has 1 spiro atoms. The van der Waals surface area contributed by atoms with E-state index in [0.29, 0.717) is 25.2 Å². The second-order valence-corrected chi connectivity index (χ2v) is 15.4. The second kappa shape index (κ2) is 16.5. The van der Waals surface area contributed by atoms with Crippen LogP contribution >= 0.6 is 0 Å². The van der Waals surface area contributed by atoms with E-state index in [-0.39, 0.29) is 24.5 Å². The Bertz CT molecular complexity index is 1120. The lowest BCUT2D eigenvalue weighted by molar-refractivity contribution is -0.299. The molecule has 0 saturated carbocycles. The SMILES string of the molecule is CO[C@H]1CC(O[C@H]2[C@H](C)[C@@H](OC3O[C@H](C)C[C@H](N(C)C)[C@H]3O)[C@@H](C)C[C@]3(CO3)/C(=N/O)[C@H](C)[C@@H](O)[C@@H](C)[C@@H](C)OC(=O)[C@@H]2C)O[C@@H](C)[C@@H]1O. The molecule has 4 rings (SSSR count). The first-order valence-electron chi connectivity index (χ1n) is 17.9. The van der Waals surface area contributed by atoms with Crippen LogP contribution in [0.25, 0.3) is 0 Å². The molecule has 18 atom stereocenters. The minimum atomic E-state index is -1.01. The van der Waals surface area contributed by atoms with Gasteiger partial charge in [-0.15, -0.1) is 0 Å². The third-order valence-electron chi connectivity index (χ3n) is 11.5. The number of likely N-dealkylation sites (N-methyl/N-ethyl adjacent to an activating group) is 1. The third kappa shape index (κ3) is 8.78. The quantitative estimate of drug-likeness (QED) is 0.137. The first kappa shape index (κ1) is 40.3. The highest BCUT2D eigenvalue weighted by atomic mass is 16.7. The van der Waals surface area contributed by atoms with Crippen molar-refractivity contribution in [1.29, 1.82) is 0 Å². The Balaban J connectivity index is 1.77. The third-order valence-corrected chi connectivity index (χ3v) is 11.5. The number of hydrogen-bond donors (Lipinski definition) is 4. The molecule has 14 nitrogen and oxygen atoms in total. The Morgan fingerprint density at radius 1 is 0.837 bits per heavy atom. The standard InChI is InChI=1S/C35H62N2O12/c1-16-14-35(15-44-35)32(36-42)19(4)27(38)18(3)22(7)47-33(41)21(6)31(48-26-13-25(43-11)28(39)23(8)46-26)20(5)30(16)49-34-29(40)24(37(9)10)12-17(2)45-34/h16-31,34,38-40,42H,12-15H2,1-11H3/b36-32+/t16-,17+,18-,19+,20+,21+,22+,23-,24-,25-,26?,27-,28-,29+,30-,31-,34?,35-/m0/s1. The number of carbonyl (C=O) groups excluding carboxylic acids is 1. The highest BCUT2D eigenvalue weighted by molar-refractivity contribution is 5.96. The summed E-state index contributed by atoms with van der Waals surface area (Å²) in [4.78, 5) is 15.9. The molecule has 4 aliphatic rings. The number of methoxy groups -OCH3 is 1. The van der Waals surface area contributed by atoms with Crippen molar-refractivity contribution in [2.45, 2.75) is 154 Å². The molecule has 0 bridgehead atoms. The normalized spacial score (nSPS) is 49.9. The molecule has 14 heteroatoms. The molecule has 284 valence electrons. The second-order valence-electron chi connectivity index (χ2n) is 15.4. The highest BCUT2D eigenvalue weighted by Gasteiger charge is 2.56. The van der Waals surface area contributed by atoms with Gasteiger partial charge in [0.25, 0.3) is 0 Å². The minimum absolute atomic E-state index is 0.197. The Kier molecular flexibility index (Phi) is 13.6. The van der Waals surface area contributed by atoms with Crippen molar-refractivity contribution in [1.82, 2.24) is 4.90 Å². The zero-order valence-corrected chi connectivity index (χ0v) is 31.1. The fourth-order valence-corrected chi connectivity index (χ4v) is 8.09. The van der Waals surface area contributed by atoms with Crippen molar-refractivity contribution in [2.24, 2.45) is 34.7 Å². The summed E-state index contributed by atoms with van der Waals surface area (Å²) in [6.45, 7) is 14.9. The van der Waals surface area contributed by atoms with Gasteiger partial charge >= 0.3 is 5.97 Å². The molecule has 49 heavy (non-hydrogen) atoms. The Hall–Kier alpha value is -1.46. The van der Waals surface area contributed by atoms with Crippen LogP contribution in [0.5, 0.6) is 0 Å². The maximum Gasteiger partial charge on any atom is 0.311 e. The zero-order valence-electron chi connectivity index (χ0n) is 31.1. The number of nitrogens with zero attached hydrogens (tertiary/aromatic N) is 2. The average Bonchev–Trinajstić information content (AvgIpc) is 3.82. The van der Waals surface area contributed by atoms with Crippen molar-refractivity contribution in [3.05, 3.63) is 0 Å². The van der Waals surface area contributed by atoms with E-state index in [2.05, 4.69) is 5.16 Å². The van der Waals surface area contributed by atoms with Gasteiger partial charge in [-0.2, -0.15) is 0 Å². The van der Waals surface area contributed by atoms with Crippen molar-refractivity contribution in [3.63, 3.8) is 0 Å². The molecular weight excluding hydrogens is 640 g/mol. The van der Waals surface area contributed by atoms with Gasteiger partial charge in [-0.25, -0.2) is 0 Å². The summed E-state index contributed by atoms with van der Waals surface area (Å²) in [7, 11) is 5.33. The van der Waals surface area contributed by atoms with E-state index in [0.717, 1.165) is 0 Å². The van der Waals surface area contributed by atoms with E-state index in [1.807, 2.05) is 39.8 Å². The summed E-state index contributed by atoms with van der Waals surface area (Å²) < 4.78 is 43.3. The Morgan fingerprint density at radius 3 is 2.06 bits per heavy atom. The predicted octanol–water partition coefficient (Wildman–Crippen LogP) is 2.17. The first-order chi connectivity index (χ1) is 23.0. The fraction of sp³-hybridized carbons (Fsp3) is 0.943. The van der Waals surface area contributed by atoms with Crippen LogP contribution in [-0.2, 0) is 38.0 Å². The number of oxime groups is 1. The topological polar surface area (TPSA) is 181 Å². The van der Waals surface area contributed by atoms with Crippen LogP contribution in [0.3, 0.4) is 0 Å². The first-order valence-corrected chi connectivity index (χ1v) is 17.9. The Morgan fingerprint density at radius 2 is 1.49 bits per heavy atom. The summed E-state index contributed by atoms with van der Waals surface area (Å²) in [6, 6.07) is -0.217. The van der Waals surface area contributed by atoms with Gasteiger partial charge in [0.1, 0.15) is 23.9 Å². The molecule has 4 saturated heterocycles. The van der Waals surface area contributed by atoms with Crippen LogP contribution in [0.2, 0.25) is 0 Å². The summed E-state index contributed by atoms with van der Waals surface area (Å²) in [5, 5.41) is 47.4. The number of carbonyl (C=O) groups is 1. The molecule has 4 heterocycles. The van der Waals surface area contributed by atoms with Crippen LogP contribution in [0.4, 0.5) is 0 Å². The average molecular weight is 703 g/mol. The monoisotopic (exact) mass is 702 g/mol. The predicted molar refractivity (Wildman–Crippen MR) is 178 cm³/mol. The lowest BCUT2D eigenvalue weighted by Crippen LogP contribution is -2.57. The van der Waals surface area contributed by atoms with Gasteiger partial charge < -0.3 is 58.6 Å². The maximum atomic E-state index is 13.9. The van der Waals surface area contributed by atoms with Crippen molar-refractivity contribution < 1.29 is 58.5 Å². The number of ether oxygens (including phenoxy) is 7. The molecule has 0 aromatic carbocycles. The van der Waals surface area contributed by atoms with E-state index in [1.54, 1.807) is 34.6 Å². The number of cyclic esters (lactones) is 1. The van der Waals surface area contributed by atoms with Gasteiger partial charge in [0, 0.05) is 37.3 Å². The van der Waals surface area contributed by atoms with Gasteiger partial charge in [0.2, 0.25) is 0 Å². The van der Waals surface area contributed by atoms with E-state index < -0.39 is 96.7 Å². The van der Waals surface area contributed by atoms with Gasteiger partial charge in [-0.05, 0) is 60.5 Å². The summed E-state index contributed by atoms with van der Waals surface area (Å²) >= 11 is 0. The zero-order chi connectivity index (χ0) is 36.5. The highest BCUT2D eigenvalue weighted by Crippen LogP contribution is 2.44. The minimum Gasteiger partial charge on any atom is -0.462 e. The maximum absolute atomic E-state index is 13.9. The molecule has 4 fully saturated rings. The van der Waals surface area contributed by atoms with Crippen LogP contribution in [0.1, 0.15) is 74.7 Å². The number of aliphatic hydroxyl groups excluding tert-OH is 3. The molecule has 2 unspecified atom stereocenters. The van der Waals surface area contributed by atoms with E-state index in [9.17, 15) is 25.3 Å². The summed E-state index contributed by atoms with van der Waals surface area (Å²) in [5.74, 6) is -3.30. The van der Waals surface area contributed by atoms with E-state index in [4.69, 9.17) is 33.2 Å². The van der Waals surface area contributed by atoms with Crippen molar-refractivity contribution in [3.8, 4) is 0 Å². The van der Waals surface area contributed by atoms with Gasteiger partial charge in [0.05, 0.1) is 54.9 Å². The number of epoxide rings is 1. The number of rotatable bonds is 6. The molecule has 4 aliphatic heterocycles. The molecular formula is C35H62N2O12. The van der Waals surface area contributed by atoms with Crippen LogP contribution in [0, 0.1) is 29.6 Å². The molecule has 0 radical (unpaired) electrons. The van der Waals surface area contributed by atoms with E-state index >= 15 is 0 Å². The van der Waals surface area contributed by atoms with Crippen LogP contribution in [0.15, 0.2) is 5.16 Å². The van der Waals surface area contributed by atoms with Crippen molar-refractivity contribution >= 4 is 11.7 Å². The molecule has 0 amide bonds. The van der Waals surface area contributed by atoms with Crippen LogP contribution in [-0.4, -0.2) is 144 Å². The van der Waals surface area contributed by atoms with Crippen molar-refractivity contribution in [2.75, 3.05) is 27.8 Å². The fourth-order valence-electron chi connectivity index (χ4n) is 8.09. The van der Waals surface area contributed by atoms with Gasteiger partial charge in [0.15, 0.2) is 12.6 Å². The van der Waals surface area contributed by atoms with Gasteiger partial charge in [-0.1, -0.05) is 32.9 Å². The molecule has 0 aromatic rings. The largest absolute Gasteiger partial charge is 0.462 e. The molecule has 4 N–H and O–H groups in total. The Labute approximate surface area is 291 Å². The number of hydrogen-bond acceptors (Lipinski definition) is 14. The van der Waals surface area contributed by atoms with Crippen LogP contribution < -0.4 is 0 Å².